The second-order valence-electron chi connectivity index (χ2n) is 3.47. The summed E-state index contributed by atoms with van der Waals surface area (Å²) in [7, 11) is 0. The zero-order valence-electron chi connectivity index (χ0n) is 7.71. The lowest BCUT2D eigenvalue weighted by molar-refractivity contribution is -0.132. The Labute approximate surface area is 81.6 Å². The SMILES string of the molecule is C=C1COC(C2=CC(=O)CC2)C(=O)N1. The highest BCUT2D eigenvalue weighted by atomic mass is 16.5. The first-order chi connectivity index (χ1) is 6.66. The van der Waals surface area contributed by atoms with Gasteiger partial charge >= 0.3 is 0 Å². The highest BCUT2D eigenvalue weighted by molar-refractivity contribution is 5.96. The van der Waals surface area contributed by atoms with Crippen LogP contribution in [0.5, 0.6) is 0 Å². The van der Waals surface area contributed by atoms with Crippen molar-refractivity contribution in [3.63, 3.8) is 0 Å². The molecule has 0 aromatic heterocycles. The van der Waals surface area contributed by atoms with Crippen LogP contribution in [-0.4, -0.2) is 24.4 Å². The van der Waals surface area contributed by atoms with E-state index in [1.54, 1.807) is 0 Å². The van der Waals surface area contributed by atoms with Gasteiger partial charge in [0, 0.05) is 12.1 Å². The summed E-state index contributed by atoms with van der Waals surface area (Å²) >= 11 is 0. The Morgan fingerprint density at radius 3 is 2.79 bits per heavy atom. The third-order valence-electron chi connectivity index (χ3n) is 2.31. The van der Waals surface area contributed by atoms with Crippen LogP contribution >= 0.6 is 0 Å². The molecule has 74 valence electrons. The maximum atomic E-state index is 11.4. The molecule has 1 amide bonds. The molecule has 1 N–H and O–H groups in total. The van der Waals surface area contributed by atoms with Crippen LogP contribution in [0.2, 0.25) is 0 Å². The number of carbonyl (C=O) groups is 2. The summed E-state index contributed by atoms with van der Waals surface area (Å²) in [4.78, 5) is 22.4. The molecule has 0 bridgehead atoms. The fourth-order valence-electron chi connectivity index (χ4n) is 1.64. The van der Waals surface area contributed by atoms with E-state index in [-0.39, 0.29) is 11.7 Å². The van der Waals surface area contributed by atoms with Crippen molar-refractivity contribution in [2.45, 2.75) is 18.9 Å². The third-order valence-corrected chi connectivity index (χ3v) is 2.31. The Kier molecular flexibility index (Phi) is 2.21. The average Bonchev–Trinajstić information content (AvgIpc) is 2.51. The Hall–Kier alpha value is -1.42. The number of ketones is 1. The molecule has 4 nitrogen and oxygen atoms in total. The molecule has 1 aliphatic carbocycles. The van der Waals surface area contributed by atoms with Crippen LogP contribution in [0.15, 0.2) is 23.9 Å². The van der Waals surface area contributed by atoms with Gasteiger partial charge in [-0.05, 0) is 18.1 Å². The molecule has 0 aromatic rings. The molecule has 2 rings (SSSR count). The van der Waals surface area contributed by atoms with Gasteiger partial charge in [0.05, 0.1) is 6.61 Å². The smallest absolute Gasteiger partial charge is 0.257 e. The van der Waals surface area contributed by atoms with E-state index in [4.69, 9.17) is 4.74 Å². The van der Waals surface area contributed by atoms with Crippen LogP contribution in [-0.2, 0) is 14.3 Å². The van der Waals surface area contributed by atoms with E-state index >= 15 is 0 Å². The summed E-state index contributed by atoms with van der Waals surface area (Å²) < 4.78 is 5.30. The summed E-state index contributed by atoms with van der Waals surface area (Å²) in [5.74, 6) is -0.150. The van der Waals surface area contributed by atoms with Crippen LogP contribution in [0.1, 0.15) is 12.8 Å². The van der Waals surface area contributed by atoms with Gasteiger partial charge in [0.15, 0.2) is 11.9 Å². The van der Waals surface area contributed by atoms with E-state index in [1.165, 1.54) is 6.08 Å². The first-order valence-corrected chi connectivity index (χ1v) is 4.50. The second kappa shape index (κ2) is 3.38. The minimum absolute atomic E-state index is 0.0702. The molecule has 0 saturated carbocycles. The fraction of sp³-hybridized carbons (Fsp3) is 0.400. The number of hydrogen-bond acceptors (Lipinski definition) is 3. The summed E-state index contributed by atoms with van der Waals surface area (Å²) in [6, 6.07) is 0. The summed E-state index contributed by atoms with van der Waals surface area (Å²) in [6.45, 7) is 3.92. The molecule has 1 heterocycles. The number of amides is 1. The van der Waals surface area contributed by atoms with Crippen LogP contribution in [0.3, 0.4) is 0 Å². The second-order valence-corrected chi connectivity index (χ2v) is 3.47. The topological polar surface area (TPSA) is 55.4 Å². The van der Waals surface area contributed by atoms with Gasteiger partial charge in [0.25, 0.3) is 5.91 Å². The summed E-state index contributed by atoms with van der Waals surface area (Å²) in [6.07, 6.45) is 2.04. The lowest BCUT2D eigenvalue weighted by Gasteiger charge is -2.24. The van der Waals surface area contributed by atoms with Crippen LogP contribution in [0.25, 0.3) is 0 Å². The molecule has 1 saturated heterocycles. The van der Waals surface area contributed by atoms with Crippen LogP contribution in [0, 0.1) is 0 Å². The van der Waals surface area contributed by atoms with Gasteiger partial charge in [-0.3, -0.25) is 9.59 Å². The number of morpholine rings is 1. The van der Waals surface area contributed by atoms with Crippen molar-refractivity contribution in [2.75, 3.05) is 6.61 Å². The highest BCUT2D eigenvalue weighted by Gasteiger charge is 2.30. The first-order valence-electron chi connectivity index (χ1n) is 4.50. The van der Waals surface area contributed by atoms with Gasteiger partial charge in [-0.2, -0.15) is 0 Å². The molecule has 2 aliphatic rings. The molecule has 1 aliphatic heterocycles. The molecule has 1 fully saturated rings. The monoisotopic (exact) mass is 193 g/mol. The first kappa shape index (κ1) is 9.15. The number of hydrogen-bond donors (Lipinski definition) is 1. The van der Waals surface area contributed by atoms with E-state index in [0.717, 1.165) is 5.57 Å². The fourth-order valence-corrected chi connectivity index (χ4v) is 1.64. The molecular weight excluding hydrogens is 182 g/mol. The molecule has 1 unspecified atom stereocenters. The minimum Gasteiger partial charge on any atom is -0.358 e. The van der Waals surface area contributed by atoms with Gasteiger partial charge in [0.1, 0.15) is 0 Å². The van der Waals surface area contributed by atoms with E-state index in [2.05, 4.69) is 11.9 Å². The van der Waals surface area contributed by atoms with Crippen LogP contribution in [0.4, 0.5) is 0 Å². The Morgan fingerprint density at radius 1 is 1.43 bits per heavy atom. The largest absolute Gasteiger partial charge is 0.358 e. The molecule has 4 heteroatoms. The number of nitrogens with one attached hydrogen (secondary N) is 1. The Balaban J connectivity index is 2.12. The number of ether oxygens (including phenoxy) is 1. The molecular formula is C10H11NO3. The third kappa shape index (κ3) is 1.61. The molecule has 0 aromatic carbocycles. The lowest BCUT2D eigenvalue weighted by Crippen LogP contribution is -2.43. The predicted molar refractivity (Wildman–Crippen MR) is 49.3 cm³/mol. The molecule has 14 heavy (non-hydrogen) atoms. The normalized spacial score (nSPS) is 27.6. The molecule has 0 spiro atoms. The van der Waals surface area contributed by atoms with Crippen molar-refractivity contribution in [3.05, 3.63) is 23.9 Å². The quantitative estimate of drug-likeness (QED) is 0.651. The van der Waals surface area contributed by atoms with Crippen molar-refractivity contribution >= 4 is 11.7 Å². The maximum absolute atomic E-state index is 11.4. The maximum Gasteiger partial charge on any atom is 0.257 e. The van der Waals surface area contributed by atoms with Crippen molar-refractivity contribution < 1.29 is 14.3 Å². The van der Waals surface area contributed by atoms with Crippen molar-refractivity contribution in [2.24, 2.45) is 0 Å². The zero-order chi connectivity index (χ0) is 10.1. The van der Waals surface area contributed by atoms with Gasteiger partial charge in [-0.15, -0.1) is 0 Å². The van der Waals surface area contributed by atoms with Gasteiger partial charge in [0.2, 0.25) is 0 Å². The standard InChI is InChI=1S/C10H11NO3/c1-6-5-14-9(10(13)11-6)7-2-3-8(12)4-7/h4,9H,1-3,5H2,(H,11,13). The van der Waals surface area contributed by atoms with E-state index in [0.29, 0.717) is 25.1 Å². The van der Waals surface area contributed by atoms with Gasteiger partial charge in [-0.1, -0.05) is 6.58 Å². The Morgan fingerprint density at radius 2 is 2.21 bits per heavy atom. The van der Waals surface area contributed by atoms with E-state index in [1.807, 2.05) is 0 Å². The summed E-state index contributed by atoms with van der Waals surface area (Å²) in [5, 5.41) is 2.61. The number of allylic oxidation sites excluding steroid dienone is 1. The zero-order valence-corrected chi connectivity index (χ0v) is 7.71. The van der Waals surface area contributed by atoms with E-state index < -0.39 is 6.10 Å². The molecule has 1 atom stereocenters. The minimum atomic E-state index is -0.591. The predicted octanol–water partition coefficient (Wildman–Crippen LogP) is 0.304. The summed E-state index contributed by atoms with van der Waals surface area (Å²) in [5.41, 5.74) is 1.34. The Bertz CT molecular complexity index is 343. The number of carbonyl (C=O) groups excluding carboxylic acids is 2. The molecule has 0 radical (unpaired) electrons. The van der Waals surface area contributed by atoms with Crippen LogP contribution < -0.4 is 5.32 Å². The van der Waals surface area contributed by atoms with Gasteiger partial charge < -0.3 is 10.1 Å². The highest BCUT2D eigenvalue weighted by Crippen LogP contribution is 2.22. The van der Waals surface area contributed by atoms with Crippen molar-refractivity contribution in [1.82, 2.24) is 5.32 Å². The average molecular weight is 193 g/mol. The van der Waals surface area contributed by atoms with E-state index in [9.17, 15) is 9.59 Å². The van der Waals surface area contributed by atoms with Crippen molar-refractivity contribution in [1.29, 1.82) is 0 Å². The van der Waals surface area contributed by atoms with Gasteiger partial charge in [-0.25, -0.2) is 0 Å². The lowest BCUT2D eigenvalue weighted by atomic mass is 10.1. The number of rotatable bonds is 1. The van der Waals surface area contributed by atoms with Crippen molar-refractivity contribution in [3.8, 4) is 0 Å².